The van der Waals surface area contributed by atoms with Crippen molar-refractivity contribution < 1.29 is 14.6 Å². The van der Waals surface area contributed by atoms with E-state index < -0.39 is 5.97 Å². The Kier molecular flexibility index (Phi) is 4.32. The quantitative estimate of drug-likeness (QED) is 0.860. The summed E-state index contributed by atoms with van der Waals surface area (Å²) in [7, 11) is 1.83. The van der Waals surface area contributed by atoms with Crippen LogP contribution in [0.4, 0.5) is 0 Å². The highest BCUT2D eigenvalue weighted by atomic mass is 16.5. The van der Waals surface area contributed by atoms with Gasteiger partial charge in [-0.2, -0.15) is 0 Å². The van der Waals surface area contributed by atoms with Crippen LogP contribution in [0.15, 0.2) is 0 Å². The Morgan fingerprint density at radius 2 is 1.60 bits per heavy atom. The Bertz CT molecular complexity index is 338. The van der Waals surface area contributed by atoms with Crippen molar-refractivity contribution >= 4 is 5.97 Å². The highest BCUT2D eigenvalue weighted by Crippen LogP contribution is 2.43. The maximum atomic E-state index is 10.9. The molecule has 3 aliphatic rings. The minimum atomic E-state index is -0.622. The van der Waals surface area contributed by atoms with Gasteiger partial charge in [0.05, 0.1) is 6.10 Å². The van der Waals surface area contributed by atoms with Gasteiger partial charge in [-0.25, -0.2) is 0 Å². The molecule has 114 valence electrons. The molecule has 0 aromatic heterocycles. The highest BCUT2D eigenvalue weighted by molar-refractivity contribution is 5.67. The first-order chi connectivity index (χ1) is 9.67. The Morgan fingerprint density at radius 3 is 2.10 bits per heavy atom. The second-order valence-corrected chi connectivity index (χ2v) is 6.93. The molecule has 4 nitrogen and oxygen atoms in total. The minimum absolute atomic E-state index is 0.372. The average molecular weight is 281 g/mol. The van der Waals surface area contributed by atoms with Gasteiger partial charge in [-0.05, 0) is 57.3 Å². The van der Waals surface area contributed by atoms with Crippen molar-refractivity contribution in [3.05, 3.63) is 0 Å². The highest BCUT2D eigenvalue weighted by Gasteiger charge is 2.44. The monoisotopic (exact) mass is 281 g/mol. The summed E-state index contributed by atoms with van der Waals surface area (Å²) in [5, 5.41) is 9.00. The zero-order valence-corrected chi connectivity index (χ0v) is 12.5. The zero-order valence-electron chi connectivity index (χ0n) is 12.5. The summed E-state index contributed by atoms with van der Waals surface area (Å²) in [6.45, 7) is 0. The molecule has 3 rings (SSSR count). The average Bonchev–Trinajstić information content (AvgIpc) is 2.70. The van der Waals surface area contributed by atoms with Crippen LogP contribution >= 0.6 is 0 Å². The van der Waals surface area contributed by atoms with Crippen molar-refractivity contribution in [2.24, 2.45) is 5.92 Å². The second kappa shape index (κ2) is 6.02. The molecule has 4 heteroatoms. The van der Waals surface area contributed by atoms with Crippen LogP contribution in [0.2, 0.25) is 0 Å². The summed E-state index contributed by atoms with van der Waals surface area (Å²) in [6.07, 6.45) is 10.5. The Balaban J connectivity index is 1.58. The summed E-state index contributed by atoms with van der Waals surface area (Å²) >= 11 is 0. The largest absolute Gasteiger partial charge is 0.481 e. The first-order valence-corrected chi connectivity index (χ1v) is 8.19. The van der Waals surface area contributed by atoms with Gasteiger partial charge in [0.2, 0.25) is 0 Å². The lowest BCUT2D eigenvalue weighted by Crippen LogP contribution is -2.50. The number of fused-ring (bicyclic) bond motifs is 2. The molecule has 2 aliphatic heterocycles. The van der Waals surface area contributed by atoms with E-state index in [9.17, 15) is 4.79 Å². The van der Waals surface area contributed by atoms with Crippen LogP contribution < -0.4 is 0 Å². The number of carbonyl (C=O) groups is 1. The number of ether oxygens (including phenoxy) is 1. The van der Waals surface area contributed by atoms with Crippen molar-refractivity contribution in [2.75, 3.05) is 7.11 Å². The first-order valence-electron chi connectivity index (χ1n) is 8.19. The molecule has 2 atom stereocenters. The Hall–Kier alpha value is -0.610. The first kappa shape index (κ1) is 14.3. The van der Waals surface area contributed by atoms with E-state index in [1.54, 1.807) is 0 Å². The van der Waals surface area contributed by atoms with Gasteiger partial charge < -0.3 is 9.84 Å². The topological polar surface area (TPSA) is 49.8 Å². The maximum absolute atomic E-state index is 10.9. The molecule has 2 unspecified atom stereocenters. The van der Waals surface area contributed by atoms with Gasteiger partial charge in [0.15, 0.2) is 0 Å². The van der Waals surface area contributed by atoms with Crippen molar-refractivity contribution in [3.8, 4) is 0 Å². The number of aliphatic carboxylic acids is 1. The molecular formula is C16H27NO3. The van der Waals surface area contributed by atoms with Crippen molar-refractivity contribution in [1.29, 1.82) is 0 Å². The second-order valence-electron chi connectivity index (χ2n) is 6.93. The number of hydrogen-bond donors (Lipinski definition) is 1. The van der Waals surface area contributed by atoms with Gasteiger partial charge >= 0.3 is 5.97 Å². The van der Waals surface area contributed by atoms with Crippen LogP contribution in [0, 0.1) is 5.92 Å². The fraction of sp³-hybridized carbons (Fsp3) is 0.938. The van der Waals surface area contributed by atoms with E-state index in [1.807, 2.05) is 7.11 Å². The van der Waals surface area contributed by atoms with Gasteiger partial charge in [-0.1, -0.05) is 0 Å². The van der Waals surface area contributed by atoms with Crippen LogP contribution in [0.1, 0.15) is 57.8 Å². The van der Waals surface area contributed by atoms with Crippen LogP contribution in [-0.2, 0) is 9.53 Å². The van der Waals surface area contributed by atoms with E-state index >= 15 is 0 Å². The molecular weight excluding hydrogens is 254 g/mol. The lowest BCUT2D eigenvalue weighted by Gasteiger charge is -2.45. The molecule has 2 heterocycles. The lowest BCUT2D eigenvalue weighted by atomic mass is 9.84. The van der Waals surface area contributed by atoms with E-state index in [2.05, 4.69) is 4.90 Å². The van der Waals surface area contributed by atoms with E-state index in [4.69, 9.17) is 9.84 Å². The normalized spacial score (nSPS) is 41.8. The number of carboxylic acid groups (broad SMARTS) is 1. The molecule has 3 fully saturated rings. The standard InChI is InChI=1S/C16H27NO3/c1-20-15-6-4-12(5-7-15)17-13-2-3-14(17)9-11(8-13)10-16(18)19/h11-15H,2-10H2,1H3,(H,18,19). The predicted molar refractivity (Wildman–Crippen MR) is 76.7 cm³/mol. The molecule has 0 spiro atoms. The molecule has 1 aliphatic carbocycles. The fourth-order valence-corrected chi connectivity index (χ4v) is 4.91. The van der Waals surface area contributed by atoms with Gasteiger partial charge in [-0.3, -0.25) is 9.69 Å². The molecule has 0 radical (unpaired) electrons. The Morgan fingerprint density at radius 1 is 1.05 bits per heavy atom. The third kappa shape index (κ3) is 2.86. The van der Waals surface area contributed by atoms with Crippen LogP contribution in [0.25, 0.3) is 0 Å². The molecule has 2 bridgehead atoms. The van der Waals surface area contributed by atoms with Crippen molar-refractivity contribution in [2.45, 2.75) is 82.0 Å². The summed E-state index contributed by atoms with van der Waals surface area (Å²) in [5.41, 5.74) is 0. The summed E-state index contributed by atoms with van der Waals surface area (Å²) in [6, 6.07) is 2.04. The van der Waals surface area contributed by atoms with Gasteiger partial charge in [0, 0.05) is 31.7 Å². The van der Waals surface area contributed by atoms with E-state index in [1.165, 1.54) is 38.5 Å². The Labute approximate surface area is 121 Å². The third-order valence-corrected chi connectivity index (χ3v) is 5.75. The van der Waals surface area contributed by atoms with E-state index in [-0.39, 0.29) is 0 Å². The molecule has 1 N–H and O–H groups in total. The predicted octanol–water partition coefficient (Wildman–Crippen LogP) is 2.66. The number of carboxylic acids is 1. The van der Waals surface area contributed by atoms with Crippen molar-refractivity contribution in [1.82, 2.24) is 4.90 Å². The number of rotatable bonds is 4. The van der Waals surface area contributed by atoms with Gasteiger partial charge in [-0.15, -0.1) is 0 Å². The van der Waals surface area contributed by atoms with Crippen LogP contribution in [-0.4, -0.2) is 47.3 Å². The molecule has 2 saturated heterocycles. The van der Waals surface area contributed by atoms with Crippen molar-refractivity contribution in [3.63, 3.8) is 0 Å². The third-order valence-electron chi connectivity index (χ3n) is 5.75. The number of nitrogens with zero attached hydrogens (tertiary/aromatic N) is 1. The maximum Gasteiger partial charge on any atom is 0.303 e. The SMILES string of the molecule is COC1CCC(N2C3CCC2CC(CC(=O)O)C3)CC1. The molecule has 20 heavy (non-hydrogen) atoms. The minimum Gasteiger partial charge on any atom is -0.481 e. The van der Waals surface area contributed by atoms with Gasteiger partial charge in [0.25, 0.3) is 0 Å². The molecule has 0 aromatic carbocycles. The lowest BCUT2D eigenvalue weighted by molar-refractivity contribution is -0.138. The molecule has 1 saturated carbocycles. The number of piperidine rings is 1. The summed E-state index contributed by atoms with van der Waals surface area (Å²) in [5.74, 6) is -0.208. The number of methoxy groups -OCH3 is 1. The summed E-state index contributed by atoms with van der Waals surface area (Å²) in [4.78, 5) is 13.7. The summed E-state index contributed by atoms with van der Waals surface area (Å²) < 4.78 is 5.47. The van der Waals surface area contributed by atoms with E-state index in [0.717, 1.165) is 18.9 Å². The van der Waals surface area contributed by atoms with Gasteiger partial charge in [0.1, 0.15) is 0 Å². The molecule has 0 aromatic rings. The zero-order chi connectivity index (χ0) is 14.1. The fourth-order valence-electron chi connectivity index (χ4n) is 4.91. The number of hydrogen-bond acceptors (Lipinski definition) is 3. The van der Waals surface area contributed by atoms with Crippen LogP contribution in [0.5, 0.6) is 0 Å². The van der Waals surface area contributed by atoms with E-state index in [0.29, 0.717) is 30.5 Å². The molecule has 0 amide bonds. The smallest absolute Gasteiger partial charge is 0.303 e. The van der Waals surface area contributed by atoms with Crippen LogP contribution in [0.3, 0.4) is 0 Å².